The van der Waals surface area contributed by atoms with Gasteiger partial charge in [0.05, 0.1) is 0 Å². The lowest BCUT2D eigenvalue weighted by atomic mass is 9.86. The summed E-state index contributed by atoms with van der Waals surface area (Å²) >= 11 is 0. The molecule has 2 fully saturated rings. The molecule has 0 spiro atoms. The van der Waals surface area contributed by atoms with E-state index in [-0.39, 0.29) is 5.91 Å². The van der Waals surface area contributed by atoms with Crippen LogP contribution in [-0.4, -0.2) is 11.6 Å². The van der Waals surface area contributed by atoms with Gasteiger partial charge in [-0.25, -0.2) is 5.43 Å². The maximum Gasteiger partial charge on any atom is 0.236 e. The lowest BCUT2D eigenvalue weighted by molar-refractivity contribution is -0.118. The highest BCUT2D eigenvalue weighted by Crippen LogP contribution is 2.48. The Hall–Kier alpha value is -0.860. The SMILES string of the molecule is CC(=O)NN=C(C)[C@H]1C[C@H]2CC[C@@H]1C2. The van der Waals surface area contributed by atoms with Gasteiger partial charge in [-0.3, -0.25) is 4.79 Å². The molecule has 0 heterocycles. The van der Waals surface area contributed by atoms with Gasteiger partial charge in [0.1, 0.15) is 0 Å². The van der Waals surface area contributed by atoms with E-state index in [1.165, 1.54) is 32.6 Å². The quantitative estimate of drug-likeness (QED) is 0.529. The number of hydrazone groups is 1. The molecule has 0 aromatic heterocycles. The molecule has 78 valence electrons. The molecule has 14 heavy (non-hydrogen) atoms. The minimum absolute atomic E-state index is 0.0764. The first kappa shape index (κ1) is 9.69. The molecule has 1 amide bonds. The monoisotopic (exact) mass is 194 g/mol. The van der Waals surface area contributed by atoms with Gasteiger partial charge in [-0.05, 0) is 38.0 Å². The van der Waals surface area contributed by atoms with Gasteiger partial charge in [0.15, 0.2) is 0 Å². The molecule has 0 unspecified atom stereocenters. The van der Waals surface area contributed by atoms with Crippen molar-refractivity contribution < 1.29 is 4.79 Å². The van der Waals surface area contributed by atoms with E-state index in [0.717, 1.165) is 17.5 Å². The molecule has 0 aliphatic heterocycles. The van der Waals surface area contributed by atoms with Crippen LogP contribution >= 0.6 is 0 Å². The van der Waals surface area contributed by atoms with Crippen LogP contribution in [0.4, 0.5) is 0 Å². The molecule has 0 aromatic rings. The fourth-order valence-corrected chi connectivity index (χ4v) is 3.01. The smallest absolute Gasteiger partial charge is 0.236 e. The highest BCUT2D eigenvalue weighted by atomic mass is 16.2. The third-order valence-corrected chi connectivity index (χ3v) is 3.66. The van der Waals surface area contributed by atoms with Gasteiger partial charge in [0.2, 0.25) is 5.91 Å². The van der Waals surface area contributed by atoms with Crippen molar-refractivity contribution in [1.29, 1.82) is 0 Å². The van der Waals surface area contributed by atoms with Crippen molar-refractivity contribution in [3.05, 3.63) is 0 Å². The van der Waals surface area contributed by atoms with Crippen molar-refractivity contribution in [2.45, 2.75) is 39.5 Å². The Morgan fingerprint density at radius 3 is 2.57 bits per heavy atom. The zero-order valence-electron chi connectivity index (χ0n) is 8.92. The van der Waals surface area contributed by atoms with Gasteiger partial charge in [-0.15, -0.1) is 0 Å². The number of hydrogen-bond donors (Lipinski definition) is 1. The first-order valence-corrected chi connectivity index (χ1v) is 5.47. The van der Waals surface area contributed by atoms with Gasteiger partial charge in [0.25, 0.3) is 0 Å². The van der Waals surface area contributed by atoms with E-state index in [4.69, 9.17) is 0 Å². The third-order valence-electron chi connectivity index (χ3n) is 3.66. The Bertz CT molecular complexity index is 272. The Balaban J connectivity index is 1.95. The molecule has 3 heteroatoms. The van der Waals surface area contributed by atoms with Crippen LogP contribution in [0.5, 0.6) is 0 Å². The second-order valence-electron chi connectivity index (χ2n) is 4.70. The Kier molecular flexibility index (Phi) is 2.57. The standard InChI is InChI=1S/C11H18N2O/c1-7(12-13-8(2)14)11-6-9-3-4-10(11)5-9/h9-11H,3-6H2,1-2H3,(H,13,14)/t9-,10+,11+/m0/s1. The van der Waals surface area contributed by atoms with Crippen LogP contribution in [0.1, 0.15) is 39.5 Å². The predicted molar refractivity (Wildman–Crippen MR) is 55.9 cm³/mol. The number of carbonyl (C=O) groups is 1. The van der Waals surface area contributed by atoms with Crippen LogP contribution in [0.3, 0.4) is 0 Å². The van der Waals surface area contributed by atoms with Gasteiger partial charge < -0.3 is 0 Å². The number of rotatable bonds is 2. The maximum absolute atomic E-state index is 10.7. The van der Waals surface area contributed by atoms with Crippen molar-refractivity contribution in [3.8, 4) is 0 Å². The van der Waals surface area contributed by atoms with Crippen LogP contribution in [0.25, 0.3) is 0 Å². The van der Waals surface area contributed by atoms with Crippen molar-refractivity contribution in [1.82, 2.24) is 5.43 Å². The largest absolute Gasteiger partial charge is 0.274 e. The van der Waals surface area contributed by atoms with E-state index in [0.29, 0.717) is 5.92 Å². The van der Waals surface area contributed by atoms with Crippen LogP contribution in [0.2, 0.25) is 0 Å². The lowest BCUT2D eigenvalue weighted by Crippen LogP contribution is -2.23. The minimum atomic E-state index is -0.0764. The molecule has 2 saturated carbocycles. The third kappa shape index (κ3) is 1.81. The molecule has 2 rings (SSSR count). The maximum atomic E-state index is 10.7. The van der Waals surface area contributed by atoms with Crippen LogP contribution in [0, 0.1) is 17.8 Å². The average Bonchev–Trinajstić information content (AvgIpc) is 2.74. The van der Waals surface area contributed by atoms with Gasteiger partial charge in [0, 0.05) is 18.6 Å². The molecular formula is C11H18N2O. The zero-order valence-corrected chi connectivity index (χ0v) is 8.92. The zero-order chi connectivity index (χ0) is 10.1. The molecule has 2 aliphatic carbocycles. The van der Waals surface area contributed by atoms with Crippen molar-refractivity contribution in [3.63, 3.8) is 0 Å². The molecule has 0 radical (unpaired) electrons. The summed E-state index contributed by atoms with van der Waals surface area (Å²) in [5.41, 5.74) is 3.65. The summed E-state index contributed by atoms with van der Waals surface area (Å²) in [7, 11) is 0. The number of carbonyl (C=O) groups excluding carboxylic acids is 1. The number of fused-ring (bicyclic) bond motifs is 2. The molecule has 3 nitrogen and oxygen atoms in total. The molecule has 2 aliphatic rings. The summed E-state index contributed by atoms with van der Waals surface area (Å²) in [6.07, 6.45) is 5.45. The van der Waals surface area contributed by atoms with E-state index < -0.39 is 0 Å². The average molecular weight is 194 g/mol. The van der Waals surface area contributed by atoms with Crippen LogP contribution in [-0.2, 0) is 4.79 Å². The first-order valence-electron chi connectivity index (χ1n) is 5.47. The van der Waals surface area contributed by atoms with Crippen molar-refractivity contribution >= 4 is 11.6 Å². The molecule has 1 N–H and O–H groups in total. The second kappa shape index (κ2) is 3.71. The molecule has 3 atom stereocenters. The van der Waals surface area contributed by atoms with E-state index in [9.17, 15) is 4.79 Å². The molecular weight excluding hydrogens is 176 g/mol. The second-order valence-corrected chi connectivity index (χ2v) is 4.70. The predicted octanol–water partition coefficient (Wildman–Crippen LogP) is 1.93. The topological polar surface area (TPSA) is 41.5 Å². The summed E-state index contributed by atoms with van der Waals surface area (Å²) in [6, 6.07) is 0. The number of nitrogens with zero attached hydrogens (tertiary/aromatic N) is 1. The summed E-state index contributed by atoms with van der Waals surface area (Å²) in [6.45, 7) is 3.54. The minimum Gasteiger partial charge on any atom is -0.274 e. The normalized spacial score (nSPS) is 36.1. The number of hydrogen-bond acceptors (Lipinski definition) is 2. The molecule has 0 aromatic carbocycles. The molecule has 0 saturated heterocycles. The lowest BCUT2D eigenvalue weighted by Gasteiger charge is -2.20. The Morgan fingerprint density at radius 1 is 1.29 bits per heavy atom. The fraction of sp³-hybridized carbons (Fsp3) is 0.818. The van der Waals surface area contributed by atoms with Crippen LogP contribution < -0.4 is 5.43 Å². The first-order chi connectivity index (χ1) is 6.66. The van der Waals surface area contributed by atoms with E-state index in [1.54, 1.807) is 0 Å². The number of nitrogens with one attached hydrogen (secondary N) is 1. The highest BCUT2D eigenvalue weighted by molar-refractivity contribution is 5.86. The van der Waals surface area contributed by atoms with Crippen LogP contribution in [0.15, 0.2) is 5.10 Å². The van der Waals surface area contributed by atoms with E-state index in [1.807, 2.05) is 6.92 Å². The fourth-order valence-electron chi connectivity index (χ4n) is 3.01. The van der Waals surface area contributed by atoms with E-state index >= 15 is 0 Å². The summed E-state index contributed by atoms with van der Waals surface area (Å²) in [5, 5.41) is 4.14. The van der Waals surface area contributed by atoms with Crippen molar-refractivity contribution in [2.75, 3.05) is 0 Å². The summed E-state index contributed by atoms with van der Waals surface area (Å²) in [4.78, 5) is 10.7. The highest BCUT2D eigenvalue weighted by Gasteiger charge is 2.40. The summed E-state index contributed by atoms with van der Waals surface area (Å²) < 4.78 is 0. The summed E-state index contributed by atoms with van der Waals surface area (Å²) in [5.74, 6) is 2.35. The Labute approximate surface area is 85.0 Å². The van der Waals surface area contributed by atoms with Gasteiger partial charge >= 0.3 is 0 Å². The van der Waals surface area contributed by atoms with Gasteiger partial charge in [-0.1, -0.05) is 6.42 Å². The number of amides is 1. The van der Waals surface area contributed by atoms with Crippen molar-refractivity contribution in [2.24, 2.45) is 22.9 Å². The van der Waals surface area contributed by atoms with Gasteiger partial charge in [-0.2, -0.15) is 5.10 Å². The van der Waals surface area contributed by atoms with E-state index in [2.05, 4.69) is 10.5 Å². The Morgan fingerprint density at radius 2 is 2.07 bits per heavy atom. The molecule has 2 bridgehead atoms.